The van der Waals surface area contributed by atoms with E-state index in [1.165, 1.54) is 6.07 Å². The molecule has 0 radical (unpaired) electrons. The van der Waals surface area contributed by atoms with Crippen LogP contribution in [0.15, 0.2) is 35.1 Å². The van der Waals surface area contributed by atoms with Crippen LogP contribution in [0.2, 0.25) is 0 Å². The number of aromatic amines is 1. The zero-order valence-electron chi connectivity index (χ0n) is 11.0. The highest BCUT2D eigenvalue weighted by Crippen LogP contribution is 2.19. The first-order valence-electron chi connectivity index (χ1n) is 6.20. The molecular formula is C14H17N3O2. The minimum absolute atomic E-state index is 0.203. The van der Waals surface area contributed by atoms with Gasteiger partial charge < -0.3 is 15.5 Å². The first kappa shape index (κ1) is 13.3. The average Bonchev–Trinajstić information content (AvgIpc) is 2.39. The minimum atomic E-state index is -0.274. The second-order valence-electron chi connectivity index (χ2n) is 4.26. The Kier molecular flexibility index (Phi) is 3.97. The summed E-state index contributed by atoms with van der Waals surface area (Å²) in [5, 5.41) is 0. The molecule has 0 spiro atoms. The van der Waals surface area contributed by atoms with Gasteiger partial charge in [0.1, 0.15) is 11.6 Å². The number of benzene rings is 1. The van der Waals surface area contributed by atoms with Crippen molar-refractivity contribution >= 4 is 0 Å². The van der Waals surface area contributed by atoms with Gasteiger partial charge >= 0.3 is 0 Å². The van der Waals surface area contributed by atoms with Crippen molar-refractivity contribution in [2.45, 2.75) is 19.9 Å². The standard InChI is InChI=1S/C14H17N3O2/c1-3-19-11-6-4-10(5-7-11)14-16-12(9(2)15)8-13(18)17-14/h4-9H,3,15H2,1-2H3,(H,16,17,18). The minimum Gasteiger partial charge on any atom is -0.494 e. The molecule has 3 N–H and O–H groups in total. The molecule has 2 aromatic rings. The maximum absolute atomic E-state index is 11.6. The third-order valence-electron chi connectivity index (χ3n) is 2.67. The Morgan fingerprint density at radius 2 is 2.05 bits per heavy atom. The Morgan fingerprint density at radius 3 is 2.63 bits per heavy atom. The van der Waals surface area contributed by atoms with Crippen molar-refractivity contribution in [2.24, 2.45) is 5.73 Å². The molecule has 0 saturated heterocycles. The average molecular weight is 259 g/mol. The number of nitrogens with two attached hydrogens (primary N) is 1. The van der Waals surface area contributed by atoms with Gasteiger partial charge in [-0.25, -0.2) is 4.98 Å². The van der Waals surface area contributed by atoms with E-state index in [9.17, 15) is 4.79 Å². The number of aromatic nitrogens is 2. The topological polar surface area (TPSA) is 81.0 Å². The molecule has 1 unspecified atom stereocenters. The highest BCUT2D eigenvalue weighted by molar-refractivity contribution is 5.56. The lowest BCUT2D eigenvalue weighted by Crippen LogP contribution is -2.15. The van der Waals surface area contributed by atoms with Crippen molar-refractivity contribution < 1.29 is 4.74 Å². The van der Waals surface area contributed by atoms with Gasteiger partial charge in [0.15, 0.2) is 0 Å². The van der Waals surface area contributed by atoms with Crippen LogP contribution in [0.25, 0.3) is 11.4 Å². The van der Waals surface area contributed by atoms with E-state index < -0.39 is 0 Å². The molecule has 0 saturated carbocycles. The van der Waals surface area contributed by atoms with Gasteiger partial charge in [-0.3, -0.25) is 4.79 Å². The Labute approximate surface area is 111 Å². The molecular weight excluding hydrogens is 242 g/mol. The fourth-order valence-electron chi connectivity index (χ4n) is 1.72. The predicted octanol–water partition coefficient (Wildman–Crippen LogP) is 1.86. The summed E-state index contributed by atoms with van der Waals surface area (Å²) in [6, 6.07) is 8.55. The van der Waals surface area contributed by atoms with E-state index in [2.05, 4.69) is 9.97 Å². The van der Waals surface area contributed by atoms with Gasteiger partial charge in [-0.05, 0) is 38.1 Å². The van der Waals surface area contributed by atoms with Gasteiger partial charge in [-0.1, -0.05) is 0 Å². The van der Waals surface area contributed by atoms with Gasteiger partial charge in [0.25, 0.3) is 5.56 Å². The number of hydrogen-bond donors (Lipinski definition) is 2. The molecule has 5 heteroatoms. The van der Waals surface area contributed by atoms with Crippen LogP contribution in [0.5, 0.6) is 5.75 Å². The zero-order valence-corrected chi connectivity index (χ0v) is 11.0. The van der Waals surface area contributed by atoms with Crippen LogP contribution in [0.4, 0.5) is 0 Å². The van der Waals surface area contributed by atoms with Gasteiger partial charge in [-0.15, -0.1) is 0 Å². The van der Waals surface area contributed by atoms with E-state index in [0.29, 0.717) is 18.1 Å². The molecule has 0 amide bonds. The number of ether oxygens (including phenoxy) is 1. The second kappa shape index (κ2) is 5.67. The zero-order chi connectivity index (χ0) is 13.8. The largest absolute Gasteiger partial charge is 0.494 e. The lowest BCUT2D eigenvalue weighted by Gasteiger charge is -2.08. The molecule has 0 fully saturated rings. The van der Waals surface area contributed by atoms with Crippen molar-refractivity contribution in [1.82, 2.24) is 9.97 Å². The molecule has 0 bridgehead atoms. The van der Waals surface area contributed by atoms with Crippen molar-refractivity contribution in [3.8, 4) is 17.1 Å². The van der Waals surface area contributed by atoms with Gasteiger partial charge in [0, 0.05) is 17.7 Å². The van der Waals surface area contributed by atoms with Crippen molar-refractivity contribution in [3.63, 3.8) is 0 Å². The first-order valence-corrected chi connectivity index (χ1v) is 6.20. The van der Waals surface area contributed by atoms with Crippen LogP contribution in [0, 0.1) is 0 Å². The summed E-state index contributed by atoms with van der Waals surface area (Å²) in [4.78, 5) is 18.6. The van der Waals surface area contributed by atoms with Crippen LogP contribution in [0.1, 0.15) is 25.6 Å². The Balaban J connectivity index is 2.38. The van der Waals surface area contributed by atoms with Crippen LogP contribution >= 0.6 is 0 Å². The fraction of sp³-hybridized carbons (Fsp3) is 0.286. The maximum atomic E-state index is 11.6. The third-order valence-corrected chi connectivity index (χ3v) is 2.67. The van der Waals surface area contributed by atoms with E-state index in [0.717, 1.165) is 11.3 Å². The summed E-state index contributed by atoms with van der Waals surface area (Å²) < 4.78 is 5.37. The van der Waals surface area contributed by atoms with Crippen molar-refractivity contribution in [3.05, 3.63) is 46.4 Å². The van der Waals surface area contributed by atoms with Gasteiger partial charge in [0.05, 0.1) is 12.3 Å². The number of hydrogen-bond acceptors (Lipinski definition) is 4. The third kappa shape index (κ3) is 3.20. The smallest absolute Gasteiger partial charge is 0.251 e. The Hall–Kier alpha value is -2.14. The highest BCUT2D eigenvalue weighted by atomic mass is 16.5. The number of H-pyrrole nitrogens is 1. The van der Waals surface area contributed by atoms with E-state index in [1.807, 2.05) is 31.2 Å². The molecule has 1 heterocycles. The van der Waals surface area contributed by atoms with E-state index in [-0.39, 0.29) is 11.6 Å². The van der Waals surface area contributed by atoms with Crippen LogP contribution in [-0.2, 0) is 0 Å². The van der Waals surface area contributed by atoms with Crippen LogP contribution < -0.4 is 16.0 Å². The molecule has 0 aliphatic heterocycles. The Bertz CT molecular complexity index is 603. The molecule has 0 aliphatic carbocycles. The molecule has 5 nitrogen and oxygen atoms in total. The summed E-state index contributed by atoms with van der Waals surface area (Å²) in [6.07, 6.45) is 0. The fourth-order valence-corrected chi connectivity index (χ4v) is 1.72. The SMILES string of the molecule is CCOc1ccc(-c2nc(C(C)N)cc(=O)[nH]2)cc1. The highest BCUT2D eigenvalue weighted by Gasteiger charge is 2.07. The summed E-state index contributed by atoms with van der Waals surface area (Å²) in [7, 11) is 0. The molecule has 1 aromatic carbocycles. The quantitative estimate of drug-likeness (QED) is 0.878. The summed E-state index contributed by atoms with van der Waals surface area (Å²) >= 11 is 0. The monoisotopic (exact) mass is 259 g/mol. The molecule has 19 heavy (non-hydrogen) atoms. The van der Waals surface area contributed by atoms with Gasteiger partial charge in [-0.2, -0.15) is 0 Å². The Morgan fingerprint density at radius 1 is 1.37 bits per heavy atom. The first-order chi connectivity index (χ1) is 9.10. The maximum Gasteiger partial charge on any atom is 0.251 e. The molecule has 0 aliphatic rings. The summed E-state index contributed by atoms with van der Waals surface area (Å²) in [5.41, 5.74) is 6.95. The summed E-state index contributed by atoms with van der Waals surface area (Å²) in [5.74, 6) is 1.31. The predicted molar refractivity (Wildman–Crippen MR) is 74.1 cm³/mol. The van der Waals surface area contributed by atoms with Crippen LogP contribution in [-0.4, -0.2) is 16.6 Å². The summed E-state index contributed by atoms with van der Waals surface area (Å²) in [6.45, 7) is 4.34. The normalized spacial score (nSPS) is 12.2. The molecule has 100 valence electrons. The molecule has 1 atom stereocenters. The molecule has 1 aromatic heterocycles. The number of rotatable bonds is 4. The number of nitrogens with zero attached hydrogens (tertiary/aromatic N) is 1. The van der Waals surface area contributed by atoms with Crippen LogP contribution in [0.3, 0.4) is 0 Å². The number of nitrogens with one attached hydrogen (secondary N) is 1. The lowest BCUT2D eigenvalue weighted by atomic mass is 10.2. The van der Waals surface area contributed by atoms with Gasteiger partial charge in [0.2, 0.25) is 0 Å². The van der Waals surface area contributed by atoms with E-state index >= 15 is 0 Å². The lowest BCUT2D eigenvalue weighted by molar-refractivity contribution is 0.340. The molecule has 2 rings (SSSR count). The second-order valence-corrected chi connectivity index (χ2v) is 4.26. The van der Waals surface area contributed by atoms with E-state index in [4.69, 9.17) is 10.5 Å². The van der Waals surface area contributed by atoms with E-state index in [1.54, 1.807) is 6.92 Å². The van der Waals surface area contributed by atoms with Crippen molar-refractivity contribution in [1.29, 1.82) is 0 Å². The van der Waals surface area contributed by atoms with Crippen molar-refractivity contribution in [2.75, 3.05) is 6.61 Å².